The van der Waals surface area contributed by atoms with Gasteiger partial charge in [0.2, 0.25) is 0 Å². The van der Waals surface area contributed by atoms with Crippen LogP contribution in [0.2, 0.25) is 0 Å². The van der Waals surface area contributed by atoms with Gasteiger partial charge in [0.05, 0.1) is 6.10 Å². The number of amides is 1. The maximum atomic E-state index is 12.1. The topological polar surface area (TPSA) is 49.3 Å². The highest BCUT2D eigenvalue weighted by molar-refractivity contribution is 14.1. The molecule has 0 bridgehead atoms. The van der Waals surface area contributed by atoms with Gasteiger partial charge in [-0.1, -0.05) is 18.2 Å². The highest BCUT2D eigenvalue weighted by Crippen LogP contribution is 2.18. The van der Waals surface area contributed by atoms with E-state index in [2.05, 4.69) is 27.9 Å². The van der Waals surface area contributed by atoms with Crippen molar-refractivity contribution in [2.45, 2.75) is 13.0 Å². The molecule has 2 N–H and O–H groups in total. The summed E-state index contributed by atoms with van der Waals surface area (Å²) in [4.78, 5) is 12.1. The van der Waals surface area contributed by atoms with Gasteiger partial charge in [0.15, 0.2) is 0 Å². The number of carbonyl (C=O) groups is 1. The summed E-state index contributed by atoms with van der Waals surface area (Å²) in [6, 6.07) is 14.6. The van der Waals surface area contributed by atoms with Crippen LogP contribution in [0.25, 0.3) is 0 Å². The third-order valence-corrected chi connectivity index (χ3v) is 3.38. The Balaban J connectivity index is 2.17. The number of rotatable bonds is 3. The first kappa shape index (κ1) is 14.0. The Morgan fingerprint density at radius 1 is 1.21 bits per heavy atom. The first-order valence-corrected chi connectivity index (χ1v) is 6.99. The van der Waals surface area contributed by atoms with Crippen molar-refractivity contribution in [3.63, 3.8) is 0 Å². The highest BCUT2D eigenvalue weighted by Gasteiger charge is 2.07. The number of benzene rings is 2. The van der Waals surface area contributed by atoms with Crippen molar-refractivity contribution in [3.8, 4) is 0 Å². The van der Waals surface area contributed by atoms with Gasteiger partial charge in [-0.2, -0.15) is 0 Å². The summed E-state index contributed by atoms with van der Waals surface area (Å²) in [7, 11) is 0. The standard InChI is InChI=1S/C15H14INO2/c1-10(18)11-4-3-7-14(9-11)17-15(19)12-5-2-6-13(16)8-12/h2-10,18H,1H3,(H,17,19)/t10-/m1/s1. The fourth-order valence-corrected chi connectivity index (χ4v) is 2.25. The van der Waals surface area contributed by atoms with Crippen molar-refractivity contribution in [1.29, 1.82) is 0 Å². The van der Waals surface area contributed by atoms with Crippen LogP contribution in [0.3, 0.4) is 0 Å². The quantitative estimate of drug-likeness (QED) is 0.815. The Morgan fingerprint density at radius 2 is 1.95 bits per heavy atom. The Morgan fingerprint density at radius 3 is 2.63 bits per heavy atom. The number of carbonyl (C=O) groups excluding carboxylic acids is 1. The molecule has 2 aromatic rings. The Kier molecular flexibility index (Phi) is 4.55. The molecule has 0 aliphatic heterocycles. The van der Waals surface area contributed by atoms with Crippen LogP contribution < -0.4 is 5.32 Å². The molecule has 4 heteroatoms. The zero-order valence-electron chi connectivity index (χ0n) is 10.4. The molecule has 0 unspecified atom stereocenters. The average Bonchev–Trinajstić information content (AvgIpc) is 2.39. The van der Waals surface area contributed by atoms with Gasteiger partial charge in [-0.05, 0) is 65.4 Å². The van der Waals surface area contributed by atoms with E-state index in [1.54, 1.807) is 25.1 Å². The molecular weight excluding hydrogens is 353 g/mol. The number of hydrogen-bond donors (Lipinski definition) is 2. The summed E-state index contributed by atoms with van der Waals surface area (Å²) in [5, 5.41) is 12.3. The third-order valence-electron chi connectivity index (χ3n) is 2.71. The highest BCUT2D eigenvalue weighted by atomic mass is 127. The summed E-state index contributed by atoms with van der Waals surface area (Å²) in [6.45, 7) is 1.69. The molecule has 2 rings (SSSR count). The van der Waals surface area contributed by atoms with Gasteiger partial charge in [-0.15, -0.1) is 0 Å². The van der Waals surface area contributed by atoms with Crippen molar-refractivity contribution in [1.82, 2.24) is 0 Å². The van der Waals surface area contributed by atoms with Crippen LogP contribution in [-0.4, -0.2) is 11.0 Å². The summed E-state index contributed by atoms with van der Waals surface area (Å²) in [5.74, 6) is -0.152. The van der Waals surface area contributed by atoms with Gasteiger partial charge in [0.1, 0.15) is 0 Å². The minimum Gasteiger partial charge on any atom is -0.389 e. The Hall–Kier alpha value is -1.40. The molecule has 0 aromatic heterocycles. The fraction of sp³-hybridized carbons (Fsp3) is 0.133. The zero-order chi connectivity index (χ0) is 13.8. The molecule has 0 heterocycles. The maximum absolute atomic E-state index is 12.1. The summed E-state index contributed by atoms with van der Waals surface area (Å²) in [5.41, 5.74) is 2.08. The fourth-order valence-electron chi connectivity index (χ4n) is 1.71. The monoisotopic (exact) mass is 367 g/mol. The lowest BCUT2D eigenvalue weighted by atomic mass is 10.1. The van der Waals surface area contributed by atoms with Crippen LogP contribution in [0, 0.1) is 3.57 Å². The molecule has 98 valence electrons. The first-order chi connectivity index (χ1) is 9.06. The molecule has 1 atom stereocenters. The smallest absolute Gasteiger partial charge is 0.255 e. The third kappa shape index (κ3) is 3.78. The van der Waals surface area contributed by atoms with E-state index in [4.69, 9.17) is 0 Å². The lowest BCUT2D eigenvalue weighted by Crippen LogP contribution is -2.12. The van der Waals surface area contributed by atoms with Gasteiger partial charge in [0, 0.05) is 14.8 Å². The molecule has 0 aliphatic carbocycles. The van der Waals surface area contributed by atoms with E-state index in [1.165, 1.54) is 0 Å². The van der Waals surface area contributed by atoms with Gasteiger partial charge in [-0.25, -0.2) is 0 Å². The Bertz CT molecular complexity index is 596. The molecular formula is C15H14INO2. The van der Waals surface area contributed by atoms with E-state index in [0.717, 1.165) is 9.13 Å². The lowest BCUT2D eigenvalue weighted by molar-refractivity contribution is 0.102. The number of aliphatic hydroxyl groups is 1. The van der Waals surface area contributed by atoms with Crippen molar-refractivity contribution in [2.75, 3.05) is 5.32 Å². The van der Waals surface area contributed by atoms with Crippen molar-refractivity contribution >= 4 is 34.2 Å². The van der Waals surface area contributed by atoms with E-state index in [9.17, 15) is 9.90 Å². The van der Waals surface area contributed by atoms with E-state index in [1.807, 2.05) is 30.3 Å². The van der Waals surface area contributed by atoms with Crippen molar-refractivity contribution < 1.29 is 9.90 Å². The van der Waals surface area contributed by atoms with E-state index < -0.39 is 6.10 Å². The van der Waals surface area contributed by atoms with Crippen LogP contribution in [0.1, 0.15) is 28.9 Å². The predicted molar refractivity (Wildman–Crippen MR) is 84.2 cm³/mol. The molecule has 1 amide bonds. The lowest BCUT2D eigenvalue weighted by Gasteiger charge is -2.09. The number of aliphatic hydroxyl groups excluding tert-OH is 1. The molecule has 0 fully saturated rings. The van der Waals surface area contributed by atoms with Gasteiger partial charge in [0.25, 0.3) is 5.91 Å². The van der Waals surface area contributed by atoms with Crippen LogP contribution in [-0.2, 0) is 0 Å². The van der Waals surface area contributed by atoms with Crippen LogP contribution in [0.15, 0.2) is 48.5 Å². The zero-order valence-corrected chi connectivity index (χ0v) is 12.6. The van der Waals surface area contributed by atoms with Gasteiger partial charge in [-0.3, -0.25) is 4.79 Å². The minimum absolute atomic E-state index is 0.152. The summed E-state index contributed by atoms with van der Waals surface area (Å²) < 4.78 is 1.02. The molecule has 0 radical (unpaired) electrons. The van der Waals surface area contributed by atoms with Crippen LogP contribution >= 0.6 is 22.6 Å². The number of halogens is 1. The second-order valence-electron chi connectivity index (χ2n) is 4.27. The molecule has 0 aliphatic rings. The van der Waals surface area contributed by atoms with Gasteiger partial charge >= 0.3 is 0 Å². The maximum Gasteiger partial charge on any atom is 0.255 e. The van der Waals surface area contributed by atoms with E-state index in [0.29, 0.717) is 11.3 Å². The second-order valence-corrected chi connectivity index (χ2v) is 5.51. The van der Waals surface area contributed by atoms with E-state index in [-0.39, 0.29) is 5.91 Å². The Labute approximate surface area is 125 Å². The summed E-state index contributed by atoms with van der Waals surface area (Å²) in [6.07, 6.45) is -0.547. The first-order valence-electron chi connectivity index (χ1n) is 5.91. The molecule has 0 saturated heterocycles. The number of nitrogens with one attached hydrogen (secondary N) is 1. The second kappa shape index (κ2) is 6.16. The molecule has 2 aromatic carbocycles. The van der Waals surface area contributed by atoms with Crippen LogP contribution in [0.5, 0.6) is 0 Å². The molecule has 3 nitrogen and oxygen atoms in total. The normalized spacial score (nSPS) is 11.9. The van der Waals surface area contributed by atoms with Crippen molar-refractivity contribution in [3.05, 3.63) is 63.2 Å². The number of anilines is 1. The predicted octanol–water partition coefficient (Wildman–Crippen LogP) is 3.60. The van der Waals surface area contributed by atoms with Gasteiger partial charge < -0.3 is 10.4 Å². The summed E-state index contributed by atoms with van der Waals surface area (Å²) >= 11 is 2.17. The molecule has 0 spiro atoms. The minimum atomic E-state index is -0.547. The largest absolute Gasteiger partial charge is 0.389 e. The average molecular weight is 367 g/mol. The SMILES string of the molecule is C[C@@H](O)c1cccc(NC(=O)c2cccc(I)c2)c1. The molecule has 0 saturated carbocycles. The van der Waals surface area contributed by atoms with Crippen LogP contribution in [0.4, 0.5) is 5.69 Å². The van der Waals surface area contributed by atoms with E-state index >= 15 is 0 Å². The molecule has 19 heavy (non-hydrogen) atoms. The van der Waals surface area contributed by atoms with Crippen molar-refractivity contribution in [2.24, 2.45) is 0 Å². The number of hydrogen-bond acceptors (Lipinski definition) is 2.